The molecule has 1 aromatic carbocycles. The van der Waals surface area contributed by atoms with Crippen molar-refractivity contribution in [2.24, 2.45) is 0 Å². The third-order valence-electron chi connectivity index (χ3n) is 5.05. The minimum absolute atomic E-state index is 0.0946. The van der Waals surface area contributed by atoms with Crippen LogP contribution < -0.4 is 5.43 Å². The molecule has 0 aliphatic heterocycles. The molecule has 5 heteroatoms. The summed E-state index contributed by atoms with van der Waals surface area (Å²) >= 11 is 0. The number of aromatic hydroxyl groups is 1. The van der Waals surface area contributed by atoms with Crippen LogP contribution in [0.2, 0.25) is 0 Å². The molecule has 3 rings (SSSR count). The molecule has 1 aromatic heterocycles. The molecule has 0 saturated heterocycles. The summed E-state index contributed by atoms with van der Waals surface area (Å²) in [6.07, 6.45) is 6.93. The lowest BCUT2D eigenvalue weighted by molar-refractivity contribution is 0.0693. The number of hydrogen-bond acceptors (Lipinski definition) is 3. The van der Waals surface area contributed by atoms with Gasteiger partial charge in [0.2, 0.25) is 5.43 Å². The highest BCUT2D eigenvalue weighted by atomic mass is 16.4. The summed E-state index contributed by atoms with van der Waals surface area (Å²) in [5.41, 5.74) is 1.14. The van der Waals surface area contributed by atoms with Crippen molar-refractivity contribution in [2.45, 2.75) is 44.6 Å². The van der Waals surface area contributed by atoms with E-state index in [1.807, 2.05) is 12.1 Å². The van der Waals surface area contributed by atoms with Gasteiger partial charge in [0.05, 0.1) is 0 Å². The Hall–Kier alpha value is -2.56. The Morgan fingerprint density at radius 1 is 1.21 bits per heavy atom. The number of hydrogen-bond donors (Lipinski definition) is 2. The molecule has 2 N–H and O–H groups in total. The van der Waals surface area contributed by atoms with Crippen LogP contribution in [0, 0.1) is 6.92 Å². The Morgan fingerprint density at radius 3 is 2.50 bits per heavy atom. The smallest absolute Gasteiger partial charge is 0.341 e. The number of carboxylic acids is 1. The van der Waals surface area contributed by atoms with E-state index in [2.05, 4.69) is 19.1 Å². The third-order valence-corrected chi connectivity index (χ3v) is 5.05. The highest BCUT2D eigenvalue weighted by molar-refractivity contribution is 5.87. The monoisotopic (exact) mass is 327 g/mol. The van der Waals surface area contributed by atoms with Crippen molar-refractivity contribution < 1.29 is 15.0 Å². The van der Waals surface area contributed by atoms with Crippen molar-refractivity contribution in [3.8, 4) is 5.75 Å². The zero-order valence-electron chi connectivity index (χ0n) is 13.7. The van der Waals surface area contributed by atoms with Crippen molar-refractivity contribution in [3.63, 3.8) is 0 Å². The molecule has 0 bridgehead atoms. The van der Waals surface area contributed by atoms with E-state index < -0.39 is 22.7 Å². The van der Waals surface area contributed by atoms with Gasteiger partial charge in [0.15, 0.2) is 5.75 Å². The van der Waals surface area contributed by atoms with Gasteiger partial charge < -0.3 is 14.8 Å². The third kappa shape index (κ3) is 2.82. The number of aromatic carboxylic acids is 1. The van der Waals surface area contributed by atoms with Crippen molar-refractivity contribution >= 4 is 5.97 Å². The van der Waals surface area contributed by atoms with Crippen LogP contribution >= 0.6 is 0 Å². The van der Waals surface area contributed by atoms with Gasteiger partial charge in [-0.25, -0.2) is 4.79 Å². The summed E-state index contributed by atoms with van der Waals surface area (Å²) in [5, 5.41) is 19.0. The molecule has 1 aliphatic carbocycles. The number of aromatic nitrogens is 1. The molecular formula is C19H21NO4. The first-order valence-electron chi connectivity index (χ1n) is 8.15. The lowest BCUT2D eigenvalue weighted by Gasteiger charge is -2.32. The van der Waals surface area contributed by atoms with Gasteiger partial charge in [-0.15, -0.1) is 0 Å². The molecule has 0 amide bonds. The van der Waals surface area contributed by atoms with Crippen molar-refractivity contribution in [1.82, 2.24) is 4.57 Å². The normalized spacial score (nSPS) is 16.2. The lowest BCUT2D eigenvalue weighted by atomic mass is 9.76. The molecule has 1 aliphatic rings. The lowest BCUT2D eigenvalue weighted by Crippen LogP contribution is -2.30. The van der Waals surface area contributed by atoms with Crippen molar-refractivity contribution in [3.05, 3.63) is 63.6 Å². The van der Waals surface area contributed by atoms with Crippen LogP contribution in [-0.2, 0) is 12.0 Å². The molecule has 0 unspecified atom stereocenters. The second-order valence-corrected chi connectivity index (χ2v) is 6.67. The van der Waals surface area contributed by atoms with E-state index in [0.717, 1.165) is 25.7 Å². The van der Waals surface area contributed by atoms with Gasteiger partial charge in [0, 0.05) is 24.4 Å². The largest absolute Gasteiger partial charge is 0.503 e. The van der Waals surface area contributed by atoms with Crippen LogP contribution in [0.15, 0.2) is 41.5 Å². The average molecular weight is 327 g/mol. The van der Waals surface area contributed by atoms with E-state index in [0.29, 0.717) is 6.54 Å². The zero-order valence-corrected chi connectivity index (χ0v) is 13.7. The summed E-state index contributed by atoms with van der Waals surface area (Å²) in [5.74, 6) is -1.84. The average Bonchev–Trinajstić information content (AvgIpc) is 3.00. The summed E-state index contributed by atoms with van der Waals surface area (Å²) in [4.78, 5) is 23.0. The second kappa shape index (κ2) is 6.15. The van der Waals surface area contributed by atoms with E-state index in [4.69, 9.17) is 0 Å². The molecule has 5 nitrogen and oxygen atoms in total. The Bertz CT molecular complexity index is 832. The van der Waals surface area contributed by atoms with Gasteiger partial charge in [-0.2, -0.15) is 0 Å². The van der Waals surface area contributed by atoms with E-state index in [1.165, 1.54) is 23.5 Å². The fourth-order valence-corrected chi connectivity index (χ4v) is 3.94. The number of benzene rings is 1. The SMILES string of the molecule is Cc1ccccc1C1(Cn2cc(O)c(=O)c(C(=O)O)c2)CCCC1. The summed E-state index contributed by atoms with van der Waals surface area (Å²) in [6.45, 7) is 2.63. The fraction of sp³-hybridized carbons (Fsp3) is 0.368. The van der Waals surface area contributed by atoms with Gasteiger partial charge in [-0.3, -0.25) is 4.79 Å². The van der Waals surface area contributed by atoms with Gasteiger partial charge in [-0.1, -0.05) is 37.1 Å². The van der Waals surface area contributed by atoms with Crippen LogP contribution in [0.25, 0.3) is 0 Å². The minimum Gasteiger partial charge on any atom is -0.503 e. The number of nitrogens with zero attached hydrogens (tertiary/aromatic N) is 1. The highest BCUT2D eigenvalue weighted by Crippen LogP contribution is 2.43. The molecular weight excluding hydrogens is 306 g/mol. The molecule has 2 aromatic rings. The minimum atomic E-state index is -1.32. The predicted molar refractivity (Wildman–Crippen MR) is 90.7 cm³/mol. The first-order chi connectivity index (χ1) is 11.4. The maximum absolute atomic E-state index is 11.8. The number of carbonyl (C=O) groups is 1. The van der Waals surface area contributed by atoms with Gasteiger partial charge in [0.1, 0.15) is 5.56 Å². The summed E-state index contributed by atoms with van der Waals surface area (Å²) in [7, 11) is 0. The Balaban J connectivity index is 2.06. The summed E-state index contributed by atoms with van der Waals surface area (Å²) < 4.78 is 1.65. The molecule has 0 radical (unpaired) electrons. The summed E-state index contributed by atoms with van der Waals surface area (Å²) in [6, 6.07) is 8.24. The standard InChI is InChI=1S/C19H21NO4/c1-13-6-2-3-7-15(13)19(8-4-5-9-19)12-20-10-14(18(23)24)17(22)16(21)11-20/h2-3,6-7,10-11,21H,4-5,8-9,12H2,1H3,(H,23,24). The van der Waals surface area contributed by atoms with E-state index in [9.17, 15) is 19.8 Å². The predicted octanol–water partition coefficient (Wildman–Crippen LogP) is 3.07. The molecule has 126 valence electrons. The first-order valence-corrected chi connectivity index (χ1v) is 8.15. The van der Waals surface area contributed by atoms with Gasteiger partial charge >= 0.3 is 5.97 Å². The highest BCUT2D eigenvalue weighted by Gasteiger charge is 2.37. The first kappa shape index (κ1) is 16.3. The quantitative estimate of drug-likeness (QED) is 0.904. The van der Waals surface area contributed by atoms with Crippen LogP contribution in [0.3, 0.4) is 0 Å². The van der Waals surface area contributed by atoms with Crippen LogP contribution in [-0.4, -0.2) is 20.7 Å². The molecule has 1 heterocycles. The number of aryl methyl sites for hydroxylation is 1. The van der Waals surface area contributed by atoms with Crippen LogP contribution in [0.1, 0.15) is 47.2 Å². The second-order valence-electron chi connectivity index (χ2n) is 6.67. The number of rotatable bonds is 4. The van der Waals surface area contributed by atoms with Crippen molar-refractivity contribution in [1.29, 1.82) is 0 Å². The van der Waals surface area contributed by atoms with E-state index in [-0.39, 0.29) is 5.41 Å². The van der Waals surface area contributed by atoms with Gasteiger partial charge in [0.25, 0.3) is 0 Å². The number of pyridine rings is 1. The fourth-order valence-electron chi connectivity index (χ4n) is 3.94. The molecule has 0 atom stereocenters. The van der Waals surface area contributed by atoms with E-state index >= 15 is 0 Å². The maximum Gasteiger partial charge on any atom is 0.341 e. The molecule has 0 spiro atoms. The molecule has 1 saturated carbocycles. The Labute approximate surface area is 140 Å². The van der Waals surface area contributed by atoms with Crippen LogP contribution in [0.5, 0.6) is 5.75 Å². The zero-order chi connectivity index (χ0) is 17.3. The number of carboxylic acid groups (broad SMARTS) is 1. The molecule has 1 fully saturated rings. The van der Waals surface area contributed by atoms with Gasteiger partial charge in [-0.05, 0) is 30.9 Å². The van der Waals surface area contributed by atoms with E-state index in [1.54, 1.807) is 4.57 Å². The van der Waals surface area contributed by atoms with Crippen molar-refractivity contribution in [2.75, 3.05) is 0 Å². The molecule has 24 heavy (non-hydrogen) atoms. The Morgan fingerprint density at radius 2 is 1.88 bits per heavy atom. The topological polar surface area (TPSA) is 79.5 Å². The van der Waals surface area contributed by atoms with Crippen LogP contribution in [0.4, 0.5) is 0 Å². The Kier molecular flexibility index (Phi) is 4.18. The maximum atomic E-state index is 11.8.